The Morgan fingerprint density at radius 2 is 0.800 bits per heavy atom. The highest BCUT2D eigenvalue weighted by Crippen LogP contribution is 2.30. The van der Waals surface area contributed by atoms with Crippen LogP contribution in [0.1, 0.15) is 13.8 Å². The second-order valence-electron chi connectivity index (χ2n) is 9.82. The summed E-state index contributed by atoms with van der Waals surface area (Å²) in [7, 11) is 0. The SMILES string of the molecule is CC[n+]1ccc(-c2ccc(-c3cc(-c4ccc(-c5cc[n+](CC)cc5)cc4)nc(-c4ccccc4)n3)cc2)cc1. The fraction of sp³-hybridized carbons (Fsp3) is 0.111. The zero-order valence-electron chi connectivity index (χ0n) is 22.9. The van der Waals surface area contributed by atoms with Gasteiger partial charge in [-0.15, -0.1) is 0 Å². The lowest BCUT2D eigenvalue weighted by atomic mass is 10.0. The molecule has 0 amide bonds. The van der Waals surface area contributed by atoms with Crippen LogP contribution < -0.4 is 9.13 Å². The zero-order valence-corrected chi connectivity index (χ0v) is 22.9. The molecular formula is C36H32N4+2. The summed E-state index contributed by atoms with van der Waals surface area (Å²) >= 11 is 0. The van der Waals surface area contributed by atoms with Gasteiger partial charge < -0.3 is 0 Å². The van der Waals surface area contributed by atoms with E-state index < -0.39 is 0 Å². The summed E-state index contributed by atoms with van der Waals surface area (Å²) in [4.78, 5) is 9.98. The molecule has 0 atom stereocenters. The van der Waals surface area contributed by atoms with E-state index in [2.05, 4.69) is 139 Å². The van der Waals surface area contributed by atoms with Gasteiger partial charge in [0.1, 0.15) is 13.1 Å². The third-order valence-electron chi connectivity index (χ3n) is 7.30. The van der Waals surface area contributed by atoms with Crippen LogP contribution in [0.25, 0.3) is 56.2 Å². The predicted molar refractivity (Wildman–Crippen MR) is 161 cm³/mol. The van der Waals surface area contributed by atoms with Crippen LogP contribution in [0.4, 0.5) is 0 Å². The lowest BCUT2D eigenvalue weighted by Crippen LogP contribution is -2.30. The van der Waals surface area contributed by atoms with E-state index in [1.54, 1.807) is 0 Å². The van der Waals surface area contributed by atoms with E-state index in [-0.39, 0.29) is 0 Å². The Kier molecular flexibility index (Phi) is 7.23. The fourth-order valence-corrected chi connectivity index (χ4v) is 4.85. The molecule has 3 aromatic carbocycles. The normalized spacial score (nSPS) is 10.9. The molecule has 194 valence electrons. The van der Waals surface area contributed by atoms with Crippen LogP contribution in [-0.4, -0.2) is 9.97 Å². The minimum atomic E-state index is 0.723. The van der Waals surface area contributed by atoms with Gasteiger partial charge in [-0.3, -0.25) is 0 Å². The average molecular weight is 521 g/mol. The van der Waals surface area contributed by atoms with Crippen molar-refractivity contribution in [3.8, 4) is 56.2 Å². The number of benzene rings is 3. The van der Waals surface area contributed by atoms with Crippen LogP contribution >= 0.6 is 0 Å². The third kappa shape index (κ3) is 5.43. The lowest BCUT2D eigenvalue weighted by molar-refractivity contribution is -0.693. The molecule has 6 rings (SSSR count). The van der Waals surface area contributed by atoms with Gasteiger partial charge in [0.15, 0.2) is 30.6 Å². The Balaban J connectivity index is 1.36. The summed E-state index contributed by atoms with van der Waals surface area (Å²) in [5, 5.41) is 0. The second kappa shape index (κ2) is 11.4. The molecule has 6 aromatic rings. The number of pyridine rings is 2. The molecule has 0 saturated carbocycles. The molecule has 0 saturated heterocycles. The molecule has 0 aliphatic carbocycles. The van der Waals surface area contributed by atoms with E-state index in [9.17, 15) is 0 Å². The van der Waals surface area contributed by atoms with Crippen LogP contribution in [-0.2, 0) is 13.1 Å². The molecule has 0 aliphatic heterocycles. The van der Waals surface area contributed by atoms with E-state index >= 15 is 0 Å². The highest BCUT2D eigenvalue weighted by atomic mass is 14.9. The minimum Gasteiger partial charge on any atom is -0.228 e. The molecule has 0 N–H and O–H groups in total. The van der Waals surface area contributed by atoms with E-state index in [1.165, 1.54) is 22.3 Å². The molecule has 0 unspecified atom stereocenters. The molecule has 0 bridgehead atoms. The van der Waals surface area contributed by atoms with Crippen LogP contribution in [0, 0.1) is 0 Å². The molecule has 0 aliphatic rings. The van der Waals surface area contributed by atoms with Crippen LogP contribution in [0.3, 0.4) is 0 Å². The van der Waals surface area contributed by atoms with E-state index in [4.69, 9.17) is 9.97 Å². The highest BCUT2D eigenvalue weighted by molar-refractivity contribution is 5.75. The number of hydrogen-bond acceptors (Lipinski definition) is 2. The molecule has 0 radical (unpaired) electrons. The topological polar surface area (TPSA) is 33.5 Å². The number of nitrogens with zero attached hydrogens (tertiary/aromatic N) is 4. The van der Waals surface area contributed by atoms with Gasteiger partial charge >= 0.3 is 0 Å². The van der Waals surface area contributed by atoms with Gasteiger partial charge in [-0.2, -0.15) is 0 Å². The molecule has 0 fully saturated rings. The first-order valence-corrected chi connectivity index (χ1v) is 13.8. The summed E-state index contributed by atoms with van der Waals surface area (Å²) in [6.45, 7) is 6.22. The highest BCUT2D eigenvalue weighted by Gasteiger charge is 2.12. The molecule has 3 aromatic heterocycles. The van der Waals surface area contributed by atoms with Crippen molar-refractivity contribution in [2.45, 2.75) is 26.9 Å². The largest absolute Gasteiger partial charge is 0.228 e. The Bertz CT molecular complexity index is 1600. The summed E-state index contributed by atoms with van der Waals surface area (Å²) in [6, 6.07) is 38.2. The van der Waals surface area contributed by atoms with Crippen LogP contribution in [0.2, 0.25) is 0 Å². The summed E-state index contributed by atoms with van der Waals surface area (Å²) in [6.07, 6.45) is 8.49. The van der Waals surface area contributed by atoms with Gasteiger partial charge in [0.25, 0.3) is 0 Å². The van der Waals surface area contributed by atoms with Crippen molar-refractivity contribution in [1.29, 1.82) is 0 Å². The van der Waals surface area contributed by atoms with Crippen molar-refractivity contribution in [1.82, 2.24) is 9.97 Å². The Hall–Kier alpha value is -4.96. The van der Waals surface area contributed by atoms with Crippen LogP contribution in [0.15, 0.2) is 134 Å². The Morgan fingerprint density at radius 3 is 1.20 bits per heavy atom. The number of hydrogen-bond donors (Lipinski definition) is 0. The van der Waals surface area contributed by atoms with Crippen molar-refractivity contribution in [3.05, 3.63) is 134 Å². The predicted octanol–water partition coefficient (Wildman–Crippen LogP) is 7.43. The average Bonchev–Trinajstić information content (AvgIpc) is 3.05. The Labute approximate surface area is 235 Å². The first-order valence-electron chi connectivity index (χ1n) is 13.8. The first kappa shape index (κ1) is 25.3. The molecule has 3 heterocycles. The van der Waals surface area contributed by atoms with Crippen molar-refractivity contribution >= 4 is 0 Å². The maximum Gasteiger partial charge on any atom is 0.169 e. The smallest absolute Gasteiger partial charge is 0.169 e. The Morgan fingerprint density at radius 1 is 0.425 bits per heavy atom. The zero-order chi connectivity index (χ0) is 27.3. The molecule has 40 heavy (non-hydrogen) atoms. The van der Waals surface area contributed by atoms with Crippen molar-refractivity contribution < 1.29 is 9.13 Å². The maximum atomic E-state index is 4.99. The van der Waals surface area contributed by atoms with Gasteiger partial charge in [0.05, 0.1) is 11.4 Å². The number of aromatic nitrogens is 4. The molecule has 4 nitrogen and oxygen atoms in total. The second-order valence-corrected chi connectivity index (χ2v) is 9.82. The van der Waals surface area contributed by atoms with E-state index in [0.29, 0.717) is 0 Å². The van der Waals surface area contributed by atoms with Gasteiger partial charge in [-0.25, -0.2) is 19.1 Å². The molecule has 4 heteroatoms. The quantitative estimate of drug-likeness (QED) is 0.205. The van der Waals surface area contributed by atoms with Gasteiger partial charge in [-0.05, 0) is 42.2 Å². The van der Waals surface area contributed by atoms with E-state index in [0.717, 1.165) is 47.0 Å². The lowest BCUT2D eigenvalue weighted by Gasteiger charge is -2.10. The van der Waals surface area contributed by atoms with Crippen molar-refractivity contribution in [2.24, 2.45) is 0 Å². The first-order chi connectivity index (χ1) is 19.7. The van der Waals surface area contributed by atoms with Gasteiger partial charge in [0.2, 0.25) is 0 Å². The van der Waals surface area contributed by atoms with E-state index in [1.807, 2.05) is 18.2 Å². The van der Waals surface area contributed by atoms with Gasteiger partial charge in [-0.1, -0.05) is 78.9 Å². The molecular weight excluding hydrogens is 488 g/mol. The van der Waals surface area contributed by atoms with Crippen molar-refractivity contribution in [2.75, 3.05) is 0 Å². The third-order valence-corrected chi connectivity index (χ3v) is 7.30. The number of aryl methyl sites for hydroxylation is 2. The fourth-order valence-electron chi connectivity index (χ4n) is 4.85. The summed E-state index contributed by atoms with van der Waals surface area (Å²) < 4.78 is 4.33. The van der Waals surface area contributed by atoms with Crippen LogP contribution in [0.5, 0.6) is 0 Å². The van der Waals surface area contributed by atoms with Crippen molar-refractivity contribution in [3.63, 3.8) is 0 Å². The maximum absolute atomic E-state index is 4.99. The monoisotopic (exact) mass is 520 g/mol. The molecule has 0 spiro atoms. The summed E-state index contributed by atoms with van der Waals surface area (Å²) in [5.74, 6) is 0.723. The summed E-state index contributed by atoms with van der Waals surface area (Å²) in [5.41, 5.74) is 9.72. The number of rotatable bonds is 7. The standard InChI is InChI=1S/C36H32N4/c1-3-39-22-18-29(19-23-39)27-10-14-31(15-11-27)34-26-35(38-36(37-34)33-8-6-5-7-9-33)32-16-12-28(13-17-32)30-20-24-40(4-2)25-21-30/h5-26H,3-4H2,1-2H3/q+2. The van der Waals surface area contributed by atoms with Gasteiger partial charge in [0, 0.05) is 41.0 Å². The minimum absolute atomic E-state index is 0.723.